The lowest BCUT2D eigenvalue weighted by Crippen LogP contribution is -2.06. The van der Waals surface area contributed by atoms with Gasteiger partial charge in [-0.05, 0) is 17.2 Å². The van der Waals surface area contributed by atoms with Crippen molar-refractivity contribution >= 4 is 29.2 Å². The van der Waals surface area contributed by atoms with Crippen molar-refractivity contribution in [3.63, 3.8) is 0 Å². The van der Waals surface area contributed by atoms with Crippen LogP contribution in [0.3, 0.4) is 0 Å². The van der Waals surface area contributed by atoms with Crippen LogP contribution < -0.4 is 0 Å². The lowest BCUT2D eigenvalue weighted by Gasteiger charge is -2.08. The van der Waals surface area contributed by atoms with Crippen LogP contribution >= 0.6 is 23.2 Å². The van der Waals surface area contributed by atoms with E-state index < -0.39 is 0 Å². The summed E-state index contributed by atoms with van der Waals surface area (Å²) in [6.45, 7) is 0. The molecule has 1 aromatic carbocycles. The molecule has 0 spiro atoms. The van der Waals surface area contributed by atoms with Crippen LogP contribution in [0.2, 0.25) is 0 Å². The molecule has 76 valence electrons. The largest absolute Gasteiger partial charge is 0.465 e. The number of alkyl halides is 2. The van der Waals surface area contributed by atoms with Gasteiger partial charge >= 0.3 is 5.97 Å². The Morgan fingerprint density at radius 3 is 2.57 bits per heavy atom. The minimum atomic E-state index is -0.382. The topological polar surface area (TPSA) is 26.3 Å². The van der Waals surface area contributed by atoms with E-state index in [9.17, 15) is 4.79 Å². The van der Waals surface area contributed by atoms with Crippen LogP contribution in [0.15, 0.2) is 18.2 Å². The van der Waals surface area contributed by atoms with Crippen LogP contribution in [0.1, 0.15) is 21.5 Å². The predicted octanol–water partition coefficient (Wildman–Crippen LogP) is 2.95. The Labute approximate surface area is 92.8 Å². The molecule has 0 heterocycles. The Hall–Kier alpha value is -0.730. The fourth-order valence-corrected chi connectivity index (χ4v) is 1.78. The van der Waals surface area contributed by atoms with Gasteiger partial charge in [-0.3, -0.25) is 0 Å². The van der Waals surface area contributed by atoms with Crippen LogP contribution in [-0.4, -0.2) is 13.1 Å². The lowest BCUT2D eigenvalue weighted by molar-refractivity contribution is 0.0599. The van der Waals surface area contributed by atoms with Gasteiger partial charge in [-0.2, -0.15) is 0 Å². The molecular weight excluding hydrogens is 223 g/mol. The number of carbonyl (C=O) groups excluding carboxylic acids is 1. The van der Waals surface area contributed by atoms with Gasteiger partial charge in [0.2, 0.25) is 0 Å². The first-order chi connectivity index (χ1) is 6.74. The Morgan fingerprint density at radius 1 is 1.36 bits per heavy atom. The smallest absolute Gasteiger partial charge is 0.338 e. The van der Waals surface area contributed by atoms with E-state index in [0.717, 1.165) is 11.1 Å². The molecule has 0 N–H and O–H groups in total. The maximum Gasteiger partial charge on any atom is 0.338 e. The van der Waals surface area contributed by atoms with E-state index >= 15 is 0 Å². The molecule has 4 heteroatoms. The van der Waals surface area contributed by atoms with Crippen molar-refractivity contribution in [3.8, 4) is 0 Å². The van der Waals surface area contributed by atoms with Gasteiger partial charge in [-0.1, -0.05) is 12.1 Å². The maximum absolute atomic E-state index is 11.3. The zero-order valence-electron chi connectivity index (χ0n) is 7.72. The summed E-state index contributed by atoms with van der Waals surface area (Å²) in [5.41, 5.74) is 2.10. The van der Waals surface area contributed by atoms with Crippen LogP contribution in [0.4, 0.5) is 0 Å². The van der Waals surface area contributed by atoms with Crippen LogP contribution in [0.5, 0.6) is 0 Å². The third-order valence-corrected chi connectivity index (χ3v) is 2.51. The summed E-state index contributed by atoms with van der Waals surface area (Å²) in [5, 5.41) is 0. The first kappa shape index (κ1) is 11.3. The Kier molecular flexibility index (Phi) is 4.23. The van der Waals surface area contributed by atoms with E-state index in [-0.39, 0.29) is 11.8 Å². The molecule has 0 radical (unpaired) electrons. The number of hydrogen-bond acceptors (Lipinski definition) is 2. The number of hydrogen-bond donors (Lipinski definition) is 0. The summed E-state index contributed by atoms with van der Waals surface area (Å²) in [5.74, 6) is 0.216. The summed E-state index contributed by atoms with van der Waals surface area (Å²) in [7, 11) is 1.34. The SMILES string of the molecule is COC(=O)c1cccc(CCl)c1CCl. The average Bonchev–Trinajstić information content (AvgIpc) is 2.26. The number of carbonyl (C=O) groups is 1. The molecule has 0 atom stereocenters. The number of esters is 1. The molecule has 0 unspecified atom stereocenters. The number of halogens is 2. The molecule has 0 saturated heterocycles. The summed E-state index contributed by atoms with van der Waals surface area (Å²) in [6.07, 6.45) is 0. The van der Waals surface area contributed by atoms with E-state index in [1.807, 2.05) is 6.07 Å². The quantitative estimate of drug-likeness (QED) is 0.592. The highest BCUT2D eigenvalue weighted by molar-refractivity contribution is 6.19. The lowest BCUT2D eigenvalue weighted by atomic mass is 10.0. The van der Waals surface area contributed by atoms with Gasteiger partial charge in [0.25, 0.3) is 0 Å². The number of rotatable bonds is 3. The average molecular weight is 233 g/mol. The van der Waals surface area contributed by atoms with Crippen molar-refractivity contribution in [1.29, 1.82) is 0 Å². The van der Waals surface area contributed by atoms with Crippen molar-refractivity contribution < 1.29 is 9.53 Å². The Balaban J connectivity index is 3.21. The first-order valence-electron chi connectivity index (χ1n) is 4.05. The molecule has 0 fully saturated rings. The second kappa shape index (κ2) is 5.23. The number of benzene rings is 1. The van der Waals surface area contributed by atoms with E-state index in [0.29, 0.717) is 11.4 Å². The molecule has 0 saturated carbocycles. The summed E-state index contributed by atoms with van der Waals surface area (Å²) >= 11 is 11.5. The van der Waals surface area contributed by atoms with Crippen LogP contribution in [-0.2, 0) is 16.5 Å². The van der Waals surface area contributed by atoms with E-state index in [2.05, 4.69) is 4.74 Å². The van der Waals surface area contributed by atoms with Gasteiger partial charge in [0.15, 0.2) is 0 Å². The van der Waals surface area contributed by atoms with Crippen LogP contribution in [0, 0.1) is 0 Å². The molecule has 0 aliphatic rings. The molecule has 0 amide bonds. The minimum absolute atomic E-state index is 0.257. The molecule has 2 nitrogen and oxygen atoms in total. The highest BCUT2D eigenvalue weighted by Gasteiger charge is 2.13. The highest BCUT2D eigenvalue weighted by atomic mass is 35.5. The Morgan fingerprint density at radius 2 is 2.07 bits per heavy atom. The van der Waals surface area contributed by atoms with Gasteiger partial charge in [0, 0.05) is 11.8 Å². The molecule has 1 rings (SSSR count). The second-order valence-electron chi connectivity index (χ2n) is 2.70. The van der Waals surface area contributed by atoms with Crippen molar-refractivity contribution in [2.24, 2.45) is 0 Å². The maximum atomic E-state index is 11.3. The summed E-state index contributed by atoms with van der Waals surface area (Å²) in [6, 6.07) is 5.29. The van der Waals surface area contributed by atoms with Crippen molar-refractivity contribution in [3.05, 3.63) is 34.9 Å². The van der Waals surface area contributed by atoms with Crippen molar-refractivity contribution in [2.75, 3.05) is 7.11 Å². The molecule has 0 bridgehead atoms. The third kappa shape index (κ3) is 2.20. The Bertz CT molecular complexity index is 337. The molecular formula is C10H10Cl2O2. The van der Waals surface area contributed by atoms with E-state index in [4.69, 9.17) is 23.2 Å². The normalized spacial score (nSPS) is 9.93. The fourth-order valence-electron chi connectivity index (χ4n) is 1.22. The molecule has 0 aromatic heterocycles. The number of methoxy groups -OCH3 is 1. The predicted molar refractivity (Wildman–Crippen MR) is 56.9 cm³/mol. The molecule has 0 aliphatic heterocycles. The van der Waals surface area contributed by atoms with Gasteiger partial charge in [-0.25, -0.2) is 4.79 Å². The molecule has 14 heavy (non-hydrogen) atoms. The van der Waals surface area contributed by atoms with Crippen LogP contribution in [0.25, 0.3) is 0 Å². The first-order valence-corrected chi connectivity index (χ1v) is 5.12. The van der Waals surface area contributed by atoms with E-state index in [1.165, 1.54) is 7.11 Å². The van der Waals surface area contributed by atoms with Gasteiger partial charge < -0.3 is 4.74 Å². The second-order valence-corrected chi connectivity index (χ2v) is 3.24. The summed E-state index contributed by atoms with van der Waals surface area (Å²) in [4.78, 5) is 11.3. The molecule has 0 aliphatic carbocycles. The fraction of sp³-hybridized carbons (Fsp3) is 0.300. The van der Waals surface area contributed by atoms with Gasteiger partial charge in [0.1, 0.15) is 0 Å². The minimum Gasteiger partial charge on any atom is -0.465 e. The van der Waals surface area contributed by atoms with E-state index in [1.54, 1.807) is 12.1 Å². The monoisotopic (exact) mass is 232 g/mol. The summed E-state index contributed by atoms with van der Waals surface area (Å²) < 4.78 is 4.64. The highest BCUT2D eigenvalue weighted by Crippen LogP contribution is 2.19. The van der Waals surface area contributed by atoms with Crippen molar-refractivity contribution in [2.45, 2.75) is 11.8 Å². The van der Waals surface area contributed by atoms with Gasteiger partial charge in [-0.15, -0.1) is 23.2 Å². The molecule has 1 aromatic rings. The standard InChI is InChI=1S/C10H10Cl2O2/c1-14-10(13)8-4-2-3-7(5-11)9(8)6-12/h2-4H,5-6H2,1H3. The third-order valence-electron chi connectivity index (χ3n) is 1.96. The number of ether oxygens (including phenoxy) is 1. The zero-order chi connectivity index (χ0) is 10.6. The zero-order valence-corrected chi connectivity index (χ0v) is 9.23. The van der Waals surface area contributed by atoms with Gasteiger partial charge in [0.05, 0.1) is 12.7 Å². The van der Waals surface area contributed by atoms with Crippen molar-refractivity contribution in [1.82, 2.24) is 0 Å².